The normalized spacial score (nSPS) is 33.2. The molecule has 0 aromatic rings. The maximum atomic E-state index is 9.44. The number of nitrogens with zero attached hydrogens (tertiary/aromatic N) is 2. The van der Waals surface area contributed by atoms with E-state index >= 15 is 0 Å². The van der Waals surface area contributed by atoms with Gasteiger partial charge in [0, 0.05) is 25.4 Å². The highest BCUT2D eigenvalue weighted by atomic mass is 16.3. The van der Waals surface area contributed by atoms with Gasteiger partial charge < -0.3 is 10.0 Å². The van der Waals surface area contributed by atoms with Crippen LogP contribution in [0.25, 0.3) is 0 Å². The second-order valence-corrected chi connectivity index (χ2v) is 3.24. The fourth-order valence-corrected chi connectivity index (χ4v) is 1.52. The van der Waals surface area contributed by atoms with E-state index in [2.05, 4.69) is 11.0 Å². The van der Waals surface area contributed by atoms with Gasteiger partial charge in [0.25, 0.3) is 0 Å². The molecule has 62 valence electrons. The molecule has 0 unspecified atom stereocenters. The number of likely N-dealkylation sites (tertiary alicyclic amines) is 1. The molecule has 0 radical (unpaired) electrons. The van der Waals surface area contributed by atoms with Gasteiger partial charge in [-0.3, -0.25) is 0 Å². The molecule has 0 saturated carbocycles. The molecule has 2 atom stereocenters. The SMILES string of the molecule is CN1CC[C@@H](O)[C@@H](CC#N)C1. The van der Waals surface area contributed by atoms with Crippen LogP contribution >= 0.6 is 0 Å². The maximum absolute atomic E-state index is 9.44. The molecular formula is C8H14N2O. The summed E-state index contributed by atoms with van der Waals surface area (Å²) in [6.07, 6.45) is 1.03. The highest BCUT2D eigenvalue weighted by Crippen LogP contribution is 2.18. The van der Waals surface area contributed by atoms with Crippen LogP contribution < -0.4 is 0 Å². The topological polar surface area (TPSA) is 47.3 Å². The van der Waals surface area contributed by atoms with Gasteiger partial charge in [-0.1, -0.05) is 0 Å². The molecule has 1 fully saturated rings. The van der Waals surface area contributed by atoms with Crippen molar-refractivity contribution >= 4 is 0 Å². The predicted molar refractivity (Wildman–Crippen MR) is 41.8 cm³/mol. The number of hydrogen-bond acceptors (Lipinski definition) is 3. The Bertz CT molecular complexity index is 164. The highest BCUT2D eigenvalue weighted by molar-refractivity contribution is 4.85. The van der Waals surface area contributed by atoms with Crippen molar-refractivity contribution in [3.05, 3.63) is 0 Å². The summed E-state index contributed by atoms with van der Waals surface area (Å²) >= 11 is 0. The fraction of sp³-hybridized carbons (Fsp3) is 0.875. The van der Waals surface area contributed by atoms with Crippen LogP contribution in [0.5, 0.6) is 0 Å². The Morgan fingerprint density at radius 1 is 1.73 bits per heavy atom. The minimum absolute atomic E-state index is 0.166. The van der Waals surface area contributed by atoms with Crippen LogP contribution in [-0.2, 0) is 0 Å². The molecule has 0 amide bonds. The van der Waals surface area contributed by atoms with Gasteiger partial charge in [0.15, 0.2) is 0 Å². The van der Waals surface area contributed by atoms with Crippen LogP contribution in [0.2, 0.25) is 0 Å². The fourth-order valence-electron chi connectivity index (χ4n) is 1.52. The second-order valence-electron chi connectivity index (χ2n) is 3.24. The summed E-state index contributed by atoms with van der Waals surface area (Å²) in [5, 5.41) is 17.9. The second kappa shape index (κ2) is 3.70. The van der Waals surface area contributed by atoms with Gasteiger partial charge in [-0.15, -0.1) is 0 Å². The summed E-state index contributed by atoms with van der Waals surface area (Å²) in [6, 6.07) is 2.10. The average molecular weight is 154 g/mol. The number of aliphatic hydroxyl groups excluding tert-OH is 1. The van der Waals surface area contributed by atoms with Gasteiger partial charge in [-0.05, 0) is 13.5 Å². The zero-order chi connectivity index (χ0) is 8.27. The van der Waals surface area contributed by atoms with E-state index in [9.17, 15) is 5.11 Å². The largest absolute Gasteiger partial charge is 0.393 e. The third kappa shape index (κ3) is 2.18. The van der Waals surface area contributed by atoms with Gasteiger partial charge in [0.2, 0.25) is 0 Å². The monoisotopic (exact) mass is 154 g/mol. The van der Waals surface area contributed by atoms with Crippen molar-refractivity contribution in [1.82, 2.24) is 4.90 Å². The van der Waals surface area contributed by atoms with Crippen molar-refractivity contribution in [3.63, 3.8) is 0 Å². The van der Waals surface area contributed by atoms with E-state index < -0.39 is 0 Å². The molecule has 0 aliphatic carbocycles. The zero-order valence-electron chi connectivity index (χ0n) is 6.82. The maximum Gasteiger partial charge on any atom is 0.0626 e. The van der Waals surface area contributed by atoms with Crippen LogP contribution in [0.4, 0.5) is 0 Å². The summed E-state index contributed by atoms with van der Waals surface area (Å²) in [6.45, 7) is 1.80. The third-order valence-corrected chi connectivity index (χ3v) is 2.25. The van der Waals surface area contributed by atoms with Crippen LogP contribution in [0, 0.1) is 17.2 Å². The summed E-state index contributed by atoms with van der Waals surface area (Å²) in [5.41, 5.74) is 0. The van der Waals surface area contributed by atoms with Gasteiger partial charge >= 0.3 is 0 Å². The molecule has 0 bridgehead atoms. The molecular weight excluding hydrogens is 140 g/mol. The van der Waals surface area contributed by atoms with Crippen molar-refractivity contribution in [1.29, 1.82) is 5.26 Å². The van der Waals surface area contributed by atoms with Crippen molar-refractivity contribution in [2.24, 2.45) is 5.92 Å². The van der Waals surface area contributed by atoms with Gasteiger partial charge in [0.05, 0.1) is 12.2 Å². The molecule has 0 spiro atoms. The summed E-state index contributed by atoms with van der Waals surface area (Å²) in [5.74, 6) is 0.166. The molecule has 1 rings (SSSR count). The highest BCUT2D eigenvalue weighted by Gasteiger charge is 2.25. The Balaban J connectivity index is 2.42. The lowest BCUT2D eigenvalue weighted by atomic mass is 9.93. The summed E-state index contributed by atoms with van der Waals surface area (Å²) < 4.78 is 0. The lowest BCUT2D eigenvalue weighted by molar-refractivity contribution is 0.0386. The smallest absolute Gasteiger partial charge is 0.0626 e. The standard InChI is InChI=1S/C8H14N2O/c1-10-5-3-8(11)7(6-10)2-4-9/h7-8,11H,2-3,5-6H2,1H3/t7-,8+/m0/s1. The Hall–Kier alpha value is -0.590. The Labute approximate surface area is 67.2 Å². The first kappa shape index (κ1) is 8.51. The van der Waals surface area contributed by atoms with Crippen molar-refractivity contribution in [3.8, 4) is 6.07 Å². The van der Waals surface area contributed by atoms with Crippen molar-refractivity contribution in [2.45, 2.75) is 18.9 Å². The molecule has 3 heteroatoms. The lowest BCUT2D eigenvalue weighted by Gasteiger charge is -2.32. The number of rotatable bonds is 1. The first-order valence-electron chi connectivity index (χ1n) is 3.97. The quantitative estimate of drug-likeness (QED) is 0.587. The van der Waals surface area contributed by atoms with E-state index in [0.29, 0.717) is 6.42 Å². The lowest BCUT2D eigenvalue weighted by Crippen LogP contribution is -2.40. The molecule has 1 saturated heterocycles. The van der Waals surface area contributed by atoms with Gasteiger partial charge in [-0.25, -0.2) is 0 Å². The number of nitriles is 1. The minimum atomic E-state index is -0.258. The molecule has 1 N–H and O–H groups in total. The van der Waals surface area contributed by atoms with Gasteiger partial charge in [0.1, 0.15) is 0 Å². The van der Waals surface area contributed by atoms with E-state index in [1.165, 1.54) is 0 Å². The zero-order valence-corrected chi connectivity index (χ0v) is 6.82. The molecule has 0 aromatic carbocycles. The Kier molecular flexibility index (Phi) is 2.86. The van der Waals surface area contributed by atoms with E-state index in [1.807, 2.05) is 7.05 Å². The van der Waals surface area contributed by atoms with Gasteiger partial charge in [-0.2, -0.15) is 5.26 Å². The van der Waals surface area contributed by atoms with E-state index in [4.69, 9.17) is 5.26 Å². The van der Waals surface area contributed by atoms with E-state index in [0.717, 1.165) is 19.5 Å². The number of aliphatic hydroxyl groups is 1. The first-order chi connectivity index (χ1) is 5.24. The van der Waals surface area contributed by atoms with Crippen LogP contribution in [0.1, 0.15) is 12.8 Å². The van der Waals surface area contributed by atoms with E-state index in [-0.39, 0.29) is 12.0 Å². The number of piperidine rings is 1. The minimum Gasteiger partial charge on any atom is -0.393 e. The average Bonchev–Trinajstić information content (AvgIpc) is 1.98. The summed E-state index contributed by atoms with van der Waals surface area (Å²) in [4.78, 5) is 2.16. The van der Waals surface area contributed by atoms with Crippen molar-refractivity contribution in [2.75, 3.05) is 20.1 Å². The predicted octanol–water partition coefficient (Wildman–Crippen LogP) is 0.213. The van der Waals surface area contributed by atoms with Crippen LogP contribution in [-0.4, -0.2) is 36.2 Å². The summed E-state index contributed by atoms with van der Waals surface area (Å²) in [7, 11) is 2.02. The molecule has 1 aliphatic rings. The van der Waals surface area contributed by atoms with Crippen LogP contribution in [0.3, 0.4) is 0 Å². The Morgan fingerprint density at radius 3 is 3.09 bits per heavy atom. The molecule has 0 aromatic heterocycles. The van der Waals surface area contributed by atoms with E-state index in [1.54, 1.807) is 0 Å². The molecule has 1 aliphatic heterocycles. The molecule has 11 heavy (non-hydrogen) atoms. The molecule has 3 nitrogen and oxygen atoms in total. The molecule has 1 heterocycles. The number of hydrogen-bond donors (Lipinski definition) is 1. The Morgan fingerprint density at radius 2 is 2.45 bits per heavy atom. The first-order valence-corrected chi connectivity index (χ1v) is 3.97. The van der Waals surface area contributed by atoms with Crippen molar-refractivity contribution < 1.29 is 5.11 Å². The third-order valence-electron chi connectivity index (χ3n) is 2.25. The van der Waals surface area contributed by atoms with Crippen LogP contribution in [0.15, 0.2) is 0 Å².